The van der Waals surface area contributed by atoms with Gasteiger partial charge in [0.2, 0.25) is 0 Å². The first-order chi connectivity index (χ1) is 20.0. The van der Waals surface area contributed by atoms with Gasteiger partial charge in [0, 0.05) is 6.07 Å². The zero-order valence-electron chi connectivity index (χ0n) is 22.4. The summed E-state index contributed by atoms with van der Waals surface area (Å²) in [5, 5.41) is 41.6. The summed E-state index contributed by atoms with van der Waals surface area (Å²) in [6.07, 6.45) is -5.58. The van der Waals surface area contributed by atoms with Gasteiger partial charge in [-0.25, -0.2) is 14.4 Å². The summed E-state index contributed by atoms with van der Waals surface area (Å²) >= 11 is 0. The number of hydrogen-bond acceptors (Lipinski definition) is 16. The maximum Gasteiger partial charge on any atom is 0.512 e. The number of nitro benzene ring substituents is 2. The van der Waals surface area contributed by atoms with E-state index in [0.717, 1.165) is 18.2 Å². The Bertz CT molecular complexity index is 1240. The first-order valence-electron chi connectivity index (χ1n) is 11.7. The van der Waals surface area contributed by atoms with Gasteiger partial charge in [0.05, 0.1) is 61.1 Å². The van der Waals surface area contributed by atoms with E-state index in [1.165, 1.54) is 27.2 Å². The Morgan fingerprint density at radius 1 is 0.738 bits per heavy atom. The molecule has 0 saturated carbocycles. The molecule has 0 fully saturated rings. The molecule has 1 unspecified atom stereocenters. The van der Waals surface area contributed by atoms with Crippen molar-refractivity contribution in [2.75, 3.05) is 20.8 Å². The van der Waals surface area contributed by atoms with Crippen LogP contribution in [-0.4, -0.2) is 65.5 Å². The van der Waals surface area contributed by atoms with Crippen LogP contribution in [0.2, 0.25) is 0 Å². The number of nitrogens with zero attached hydrogens (tertiary/aromatic N) is 2. The molecule has 228 valence electrons. The van der Waals surface area contributed by atoms with E-state index in [0.29, 0.717) is 0 Å². The smallest absolute Gasteiger partial charge is 0.493 e. The summed E-state index contributed by atoms with van der Waals surface area (Å²) in [7, 11) is 2.53. The van der Waals surface area contributed by atoms with Crippen molar-refractivity contribution in [1.82, 2.24) is 0 Å². The van der Waals surface area contributed by atoms with E-state index in [1.807, 2.05) is 0 Å². The minimum atomic E-state index is -2.36. The minimum Gasteiger partial charge on any atom is -0.493 e. The molecule has 0 bridgehead atoms. The molecular formula is C24H26N2O16. The SMILES string of the molecule is CCOC(=O)C(OC(=O)OCc1cc(CO)c(CO)cc1[N+](=O)[O-])OC(=O)OCc1cc(OC)c(OC)cc1[N+](=O)[O-]. The highest BCUT2D eigenvalue weighted by Gasteiger charge is 2.31. The number of aliphatic hydroxyl groups excluding tert-OH is 2. The van der Waals surface area contributed by atoms with Gasteiger partial charge in [0.25, 0.3) is 11.4 Å². The lowest BCUT2D eigenvalue weighted by atomic mass is 10.0. The fourth-order valence-corrected chi connectivity index (χ4v) is 3.35. The number of methoxy groups -OCH3 is 2. The Morgan fingerprint density at radius 2 is 1.19 bits per heavy atom. The topological polar surface area (TPSA) is 243 Å². The van der Waals surface area contributed by atoms with E-state index >= 15 is 0 Å². The van der Waals surface area contributed by atoms with Gasteiger partial charge < -0.3 is 43.4 Å². The highest BCUT2D eigenvalue weighted by Crippen LogP contribution is 2.35. The second-order valence-corrected chi connectivity index (χ2v) is 7.81. The highest BCUT2D eigenvalue weighted by molar-refractivity contribution is 5.78. The van der Waals surface area contributed by atoms with Gasteiger partial charge in [-0.2, -0.15) is 0 Å². The molecule has 18 heteroatoms. The van der Waals surface area contributed by atoms with Crippen LogP contribution < -0.4 is 9.47 Å². The molecule has 0 aliphatic carbocycles. The molecule has 0 spiro atoms. The van der Waals surface area contributed by atoms with Gasteiger partial charge in [-0.05, 0) is 30.2 Å². The molecule has 1 atom stereocenters. The van der Waals surface area contributed by atoms with Crippen molar-refractivity contribution in [3.8, 4) is 11.5 Å². The van der Waals surface area contributed by atoms with Crippen LogP contribution in [0.5, 0.6) is 11.5 Å². The average molecular weight is 598 g/mol. The lowest BCUT2D eigenvalue weighted by molar-refractivity contribution is -0.386. The average Bonchev–Trinajstić information content (AvgIpc) is 2.97. The second kappa shape index (κ2) is 15.5. The first kappa shape index (κ1) is 33.0. The quantitative estimate of drug-likeness (QED) is 0.104. The van der Waals surface area contributed by atoms with Gasteiger partial charge in [0.15, 0.2) is 11.5 Å². The summed E-state index contributed by atoms with van der Waals surface area (Å²) in [4.78, 5) is 58.0. The minimum absolute atomic E-state index is 0.0343. The van der Waals surface area contributed by atoms with Gasteiger partial charge in [0.1, 0.15) is 13.2 Å². The summed E-state index contributed by atoms with van der Waals surface area (Å²) < 4.78 is 33.8. The summed E-state index contributed by atoms with van der Waals surface area (Å²) in [6, 6.07) is 4.32. The predicted octanol–water partition coefficient (Wildman–Crippen LogP) is 2.40. The van der Waals surface area contributed by atoms with E-state index in [2.05, 4.69) is 14.2 Å². The molecule has 42 heavy (non-hydrogen) atoms. The van der Waals surface area contributed by atoms with Crippen LogP contribution >= 0.6 is 0 Å². The van der Waals surface area contributed by atoms with Crippen molar-refractivity contribution < 1.29 is 67.6 Å². The zero-order chi connectivity index (χ0) is 31.4. The Labute approximate surface area is 236 Å². The lowest BCUT2D eigenvalue weighted by Gasteiger charge is -2.17. The van der Waals surface area contributed by atoms with Crippen LogP contribution in [0.1, 0.15) is 29.2 Å². The van der Waals surface area contributed by atoms with Crippen molar-refractivity contribution in [3.63, 3.8) is 0 Å². The molecule has 0 aromatic heterocycles. The standard InChI is InChI=1S/C24H26N2O16/c1-4-38-21(29)22(41-23(30)39-11-15-5-13(9-27)14(10-28)6-17(15)25(32)33)42-24(31)40-12-16-7-19(36-2)20(37-3)8-18(16)26(34)35/h5-8,22,27-28H,4,9-12H2,1-3H3. The van der Waals surface area contributed by atoms with Crippen LogP contribution in [0.4, 0.5) is 21.0 Å². The fraction of sp³-hybridized carbons (Fsp3) is 0.375. The van der Waals surface area contributed by atoms with Crippen molar-refractivity contribution in [2.24, 2.45) is 0 Å². The maximum absolute atomic E-state index is 12.3. The number of aliphatic hydroxyl groups is 2. The number of hydrogen-bond donors (Lipinski definition) is 2. The summed E-state index contributed by atoms with van der Waals surface area (Å²) in [6.45, 7) is -1.54. The summed E-state index contributed by atoms with van der Waals surface area (Å²) in [5.41, 5.74) is -1.17. The number of rotatable bonds is 14. The van der Waals surface area contributed by atoms with Crippen LogP contribution in [-0.2, 0) is 54.9 Å². The summed E-state index contributed by atoms with van der Waals surface area (Å²) in [5.74, 6) is -1.24. The monoisotopic (exact) mass is 598 g/mol. The van der Waals surface area contributed by atoms with Crippen molar-refractivity contribution in [2.45, 2.75) is 39.6 Å². The molecule has 0 aliphatic rings. The third kappa shape index (κ3) is 8.63. The number of nitro groups is 2. The third-order valence-electron chi connectivity index (χ3n) is 5.30. The Balaban J connectivity index is 2.14. The van der Waals surface area contributed by atoms with Gasteiger partial charge in [-0.3, -0.25) is 20.2 Å². The molecule has 2 aromatic rings. The van der Waals surface area contributed by atoms with Crippen molar-refractivity contribution in [3.05, 3.63) is 66.7 Å². The van der Waals surface area contributed by atoms with Gasteiger partial charge in [-0.1, -0.05) is 0 Å². The van der Waals surface area contributed by atoms with Crippen LogP contribution in [0, 0.1) is 20.2 Å². The maximum atomic E-state index is 12.3. The van der Waals surface area contributed by atoms with Crippen LogP contribution in [0.3, 0.4) is 0 Å². The Morgan fingerprint density at radius 3 is 1.64 bits per heavy atom. The van der Waals surface area contributed by atoms with E-state index in [1.54, 1.807) is 0 Å². The van der Waals surface area contributed by atoms with E-state index in [-0.39, 0.29) is 40.4 Å². The number of esters is 1. The molecule has 2 aromatic carbocycles. The van der Waals surface area contributed by atoms with E-state index in [9.17, 15) is 44.8 Å². The van der Waals surface area contributed by atoms with Crippen molar-refractivity contribution in [1.29, 1.82) is 0 Å². The molecule has 0 saturated heterocycles. The number of benzene rings is 2. The van der Waals surface area contributed by atoms with Gasteiger partial charge in [-0.15, -0.1) is 0 Å². The Kier molecular flexibility index (Phi) is 12.2. The molecule has 2 N–H and O–H groups in total. The molecule has 18 nitrogen and oxygen atoms in total. The molecule has 0 amide bonds. The molecule has 0 aliphatic heterocycles. The fourth-order valence-electron chi connectivity index (χ4n) is 3.35. The number of ether oxygens (including phenoxy) is 7. The van der Waals surface area contributed by atoms with Crippen LogP contribution in [0.25, 0.3) is 0 Å². The lowest BCUT2D eigenvalue weighted by Crippen LogP contribution is -2.34. The first-order valence-corrected chi connectivity index (χ1v) is 11.7. The van der Waals surface area contributed by atoms with E-state index < -0.39 is 72.2 Å². The van der Waals surface area contributed by atoms with Crippen LogP contribution in [0.15, 0.2) is 24.3 Å². The van der Waals surface area contributed by atoms with Crippen molar-refractivity contribution >= 4 is 29.7 Å². The zero-order valence-corrected chi connectivity index (χ0v) is 22.4. The molecule has 0 radical (unpaired) electrons. The van der Waals surface area contributed by atoms with Gasteiger partial charge >= 0.3 is 24.6 Å². The third-order valence-corrected chi connectivity index (χ3v) is 5.30. The molecular weight excluding hydrogens is 572 g/mol. The largest absolute Gasteiger partial charge is 0.512 e. The number of carbonyl (C=O) groups excluding carboxylic acids is 3. The Hall–Kier alpha value is -5.23. The molecule has 0 heterocycles. The molecule has 2 rings (SSSR count). The number of carbonyl (C=O) groups is 3. The highest BCUT2D eigenvalue weighted by atomic mass is 16.8. The normalized spacial score (nSPS) is 11.1. The van der Waals surface area contributed by atoms with E-state index in [4.69, 9.17) is 18.9 Å². The predicted molar refractivity (Wildman–Crippen MR) is 134 cm³/mol. The second-order valence-electron chi connectivity index (χ2n) is 7.81.